The van der Waals surface area contributed by atoms with Crippen LogP contribution in [-0.2, 0) is 31.3 Å². The molecule has 1 fully saturated rings. The molecule has 2 atom stereocenters. The van der Waals surface area contributed by atoms with Crippen molar-refractivity contribution < 1.29 is 22.7 Å². The molecule has 6 rings (SSSR count). The molecule has 3 N–H and O–H groups in total. The van der Waals surface area contributed by atoms with Gasteiger partial charge in [-0.3, -0.25) is 18.8 Å². The SMILES string of the molecule is CN1CCN(C(C)(C)c2nnc3ccc(O[C@@H]4C=C[C@](C=O)(NC(=O)Nc5cc(NS(C)(=O)=O)cc(C(C)(C)C)c5)c5ccccc54)cn23)CC1. The van der Waals surface area contributed by atoms with Gasteiger partial charge < -0.3 is 20.3 Å². The Kier molecular flexibility index (Phi) is 9.46. The zero-order chi connectivity index (χ0) is 36.8. The van der Waals surface area contributed by atoms with Crippen LogP contribution < -0.4 is 20.1 Å². The molecule has 1 saturated heterocycles. The molecule has 0 radical (unpaired) electrons. The number of carbonyl (C=O) groups is 2. The van der Waals surface area contributed by atoms with Crippen molar-refractivity contribution in [3.05, 3.63) is 95.5 Å². The first-order valence-electron chi connectivity index (χ1n) is 16.9. The zero-order valence-electron chi connectivity index (χ0n) is 30.1. The number of pyridine rings is 1. The van der Waals surface area contributed by atoms with Gasteiger partial charge in [0.15, 0.2) is 17.8 Å². The number of nitrogens with zero attached hydrogens (tertiary/aromatic N) is 5. The molecular weight excluding hydrogens is 669 g/mol. The summed E-state index contributed by atoms with van der Waals surface area (Å²) in [5.41, 5.74) is 1.26. The second-order valence-corrected chi connectivity index (χ2v) is 16.7. The summed E-state index contributed by atoms with van der Waals surface area (Å²) in [6, 6.07) is 15.4. The number of likely N-dealkylation sites (N-methyl/N-ethyl adjacent to an activating group) is 1. The maximum absolute atomic E-state index is 13.5. The number of piperazine rings is 1. The highest BCUT2D eigenvalue weighted by Crippen LogP contribution is 2.38. The van der Waals surface area contributed by atoms with Crippen LogP contribution in [0.5, 0.6) is 5.75 Å². The number of hydrogen-bond donors (Lipinski definition) is 3. The summed E-state index contributed by atoms with van der Waals surface area (Å²) < 4.78 is 35.0. The van der Waals surface area contributed by atoms with E-state index in [9.17, 15) is 18.0 Å². The van der Waals surface area contributed by atoms with Gasteiger partial charge in [0.2, 0.25) is 10.0 Å². The lowest BCUT2D eigenvalue weighted by atomic mass is 9.81. The number of ether oxygens (including phenoxy) is 1. The molecule has 2 aromatic heterocycles. The number of carbonyl (C=O) groups excluding carboxylic acids is 2. The van der Waals surface area contributed by atoms with Gasteiger partial charge in [0.05, 0.1) is 23.7 Å². The van der Waals surface area contributed by atoms with E-state index in [0.717, 1.165) is 43.8 Å². The number of amides is 2. The van der Waals surface area contributed by atoms with Crippen molar-refractivity contribution in [2.24, 2.45) is 0 Å². The largest absolute Gasteiger partial charge is 0.480 e. The Labute approximate surface area is 299 Å². The highest BCUT2D eigenvalue weighted by molar-refractivity contribution is 7.92. The Balaban J connectivity index is 1.25. The standard InChI is InChI=1S/C37H46N8O5S/c1-35(2,3)25-20-26(22-27(21-25)42-51(7,48)49)38-34(47)39-37(24-46)15-14-31(29-10-8-9-11-30(29)37)50-28-12-13-32-40-41-33(45(32)23-28)36(4,5)44-18-16-43(6)17-19-44/h8-15,20-24,31,42H,16-19H2,1-7H3,(H2,38,39,47)/t31-,37-/m1/s1. The second kappa shape index (κ2) is 13.4. The van der Waals surface area contributed by atoms with Gasteiger partial charge in [0.25, 0.3) is 0 Å². The van der Waals surface area contributed by atoms with Crippen molar-refractivity contribution in [3.8, 4) is 5.75 Å². The Hall–Kier alpha value is -4.79. The maximum Gasteiger partial charge on any atom is 0.320 e. The van der Waals surface area contributed by atoms with E-state index in [4.69, 9.17) is 4.74 Å². The van der Waals surface area contributed by atoms with Gasteiger partial charge in [-0.05, 0) is 79.9 Å². The quantitative estimate of drug-likeness (QED) is 0.164. The molecule has 0 spiro atoms. The van der Waals surface area contributed by atoms with Crippen molar-refractivity contribution in [1.82, 2.24) is 29.7 Å². The number of aldehydes is 1. The predicted molar refractivity (Wildman–Crippen MR) is 198 cm³/mol. The van der Waals surface area contributed by atoms with E-state index in [0.29, 0.717) is 40.2 Å². The fourth-order valence-corrected chi connectivity index (χ4v) is 7.21. The van der Waals surface area contributed by atoms with Gasteiger partial charge in [-0.2, -0.15) is 0 Å². The molecule has 3 heterocycles. The van der Waals surface area contributed by atoms with Crippen LogP contribution >= 0.6 is 0 Å². The maximum atomic E-state index is 13.5. The third-order valence-electron chi connectivity index (χ3n) is 9.59. The van der Waals surface area contributed by atoms with Crippen LogP contribution in [0.15, 0.2) is 72.9 Å². The molecule has 2 aliphatic rings. The lowest BCUT2D eigenvalue weighted by Gasteiger charge is -2.42. The van der Waals surface area contributed by atoms with Crippen LogP contribution in [0, 0.1) is 0 Å². The zero-order valence-corrected chi connectivity index (χ0v) is 30.9. The van der Waals surface area contributed by atoms with Gasteiger partial charge in [-0.25, -0.2) is 13.2 Å². The van der Waals surface area contributed by atoms with Crippen LogP contribution in [-0.4, -0.2) is 84.6 Å². The average molecular weight is 715 g/mol. The first kappa shape index (κ1) is 36.0. The van der Waals surface area contributed by atoms with Crippen molar-refractivity contribution in [1.29, 1.82) is 0 Å². The van der Waals surface area contributed by atoms with Crippen LogP contribution in [0.4, 0.5) is 16.2 Å². The molecule has 0 bridgehead atoms. The first-order valence-corrected chi connectivity index (χ1v) is 18.8. The van der Waals surface area contributed by atoms with Gasteiger partial charge >= 0.3 is 6.03 Å². The van der Waals surface area contributed by atoms with Crippen LogP contribution in [0.3, 0.4) is 0 Å². The van der Waals surface area contributed by atoms with Crippen molar-refractivity contribution >= 4 is 39.4 Å². The highest BCUT2D eigenvalue weighted by Gasteiger charge is 2.39. The summed E-state index contributed by atoms with van der Waals surface area (Å²) >= 11 is 0. The van der Waals surface area contributed by atoms with Crippen LogP contribution in [0.25, 0.3) is 5.65 Å². The predicted octanol–water partition coefficient (Wildman–Crippen LogP) is 4.79. The molecule has 14 heteroatoms. The van der Waals surface area contributed by atoms with Crippen molar-refractivity contribution in [2.45, 2.75) is 57.2 Å². The number of sulfonamides is 1. The van der Waals surface area contributed by atoms with Gasteiger partial charge in [0.1, 0.15) is 17.4 Å². The molecule has 4 aromatic rings. The summed E-state index contributed by atoms with van der Waals surface area (Å²) in [4.78, 5) is 31.1. The number of fused-ring (bicyclic) bond motifs is 2. The molecule has 0 unspecified atom stereocenters. The Morgan fingerprint density at radius 1 is 0.980 bits per heavy atom. The van der Waals surface area contributed by atoms with Crippen LogP contribution in [0.2, 0.25) is 0 Å². The number of anilines is 2. The number of nitrogens with one attached hydrogen (secondary N) is 3. The van der Waals surface area contributed by atoms with Gasteiger partial charge in [0, 0.05) is 37.4 Å². The Morgan fingerprint density at radius 3 is 2.37 bits per heavy atom. The van der Waals surface area contributed by atoms with Gasteiger partial charge in [-0.15, -0.1) is 10.2 Å². The first-order chi connectivity index (χ1) is 24.0. The molecular formula is C37H46N8O5S. The Morgan fingerprint density at radius 2 is 1.69 bits per heavy atom. The summed E-state index contributed by atoms with van der Waals surface area (Å²) in [7, 11) is -1.43. The summed E-state index contributed by atoms with van der Waals surface area (Å²) in [5.74, 6) is 1.40. The van der Waals surface area contributed by atoms with E-state index in [1.165, 1.54) is 6.07 Å². The van der Waals surface area contributed by atoms with Crippen LogP contribution in [0.1, 0.15) is 63.2 Å². The third kappa shape index (κ3) is 7.63. The van der Waals surface area contributed by atoms with E-state index < -0.39 is 27.7 Å². The smallest absolute Gasteiger partial charge is 0.320 e. The van der Waals surface area contributed by atoms with E-state index in [2.05, 4.69) is 56.2 Å². The third-order valence-corrected chi connectivity index (χ3v) is 10.2. The lowest BCUT2D eigenvalue weighted by molar-refractivity contribution is -0.111. The highest BCUT2D eigenvalue weighted by atomic mass is 32.2. The Bertz CT molecular complexity index is 2100. The minimum absolute atomic E-state index is 0.313. The van der Waals surface area contributed by atoms with Crippen molar-refractivity contribution in [2.75, 3.05) is 49.5 Å². The van der Waals surface area contributed by atoms with Gasteiger partial charge in [-0.1, -0.05) is 45.0 Å². The van der Waals surface area contributed by atoms with E-state index >= 15 is 0 Å². The molecule has 1 aliphatic carbocycles. The summed E-state index contributed by atoms with van der Waals surface area (Å²) in [6.45, 7) is 14.1. The number of benzene rings is 2. The average Bonchev–Trinajstić information content (AvgIpc) is 3.49. The normalized spacial score (nSPS) is 20.1. The second-order valence-electron chi connectivity index (χ2n) is 14.9. The molecule has 270 valence electrons. The fraction of sp³-hybridized carbons (Fsp3) is 0.405. The number of urea groups is 1. The van der Waals surface area contributed by atoms with E-state index in [1.807, 2.05) is 55.6 Å². The minimum Gasteiger partial charge on any atom is -0.480 e. The van der Waals surface area contributed by atoms with E-state index in [-0.39, 0.29) is 11.0 Å². The molecule has 0 saturated carbocycles. The molecule has 1 aliphatic heterocycles. The monoisotopic (exact) mass is 714 g/mol. The fourth-order valence-electron chi connectivity index (χ4n) is 6.67. The molecule has 13 nitrogen and oxygen atoms in total. The molecule has 2 aromatic carbocycles. The number of aromatic nitrogens is 3. The summed E-state index contributed by atoms with van der Waals surface area (Å²) in [6.07, 6.45) is 6.48. The number of rotatable bonds is 9. The summed E-state index contributed by atoms with van der Waals surface area (Å²) in [5, 5.41) is 14.7. The van der Waals surface area contributed by atoms with E-state index in [1.54, 1.807) is 36.4 Å². The molecule has 51 heavy (non-hydrogen) atoms. The number of hydrogen-bond acceptors (Lipinski definition) is 9. The molecule has 2 amide bonds. The topological polar surface area (TPSA) is 150 Å². The van der Waals surface area contributed by atoms with Crippen molar-refractivity contribution in [3.63, 3.8) is 0 Å². The lowest BCUT2D eigenvalue weighted by Crippen LogP contribution is -2.52. The minimum atomic E-state index is -3.56.